The molecule has 1 aromatic rings. The molecule has 0 fully saturated rings. The van der Waals surface area contributed by atoms with Gasteiger partial charge in [0.15, 0.2) is 4.98 Å². The summed E-state index contributed by atoms with van der Waals surface area (Å²) in [5, 5.41) is 8.36. The Hall–Kier alpha value is -1.06. The summed E-state index contributed by atoms with van der Waals surface area (Å²) in [5.41, 5.74) is -0.892. The lowest BCUT2D eigenvalue weighted by Crippen LogP contribution is -2.04. The Morgan fingerprint density at radius 3 is 1.89 bits per heavy atom. The highest BCUT2D eigenvalue weighted by Crippen LogP contribution is 2.33. The summed E-state index contributed by atoms with van der Waals surface area (Å²) in [6.07, 6.45) is -4.40. The molecule has 0 heterocycles. The first-order valence-corrected chi connectivity index (χ1v) is 5.12. The van der Waals surface area contributed by atoms with E-state index in [2.05, 4.69) is 4.98 Å². The fourth-order valence-electron chi connectivity index (χ4n) is 0.766. The third-order valence-electron chi connectivity index (χ3n) is 1.38. The van der Waals surface area contributed by atoms with Crippen molar-refractivity contribution in [2.45, 2.75) is 6.18 Å². The molecule has 0 saturated carbocycles. The molecule has 0 aliphatic heterocycles. The molecule has 0 aliphatic rings. The zero-order valence-electron chi connectivity index (χ0n) is 8.23. The summed E-state index contributed by atoms with van der Waals surface area (Å²) >= 11 is 1.78. The van der Waals surface area contributed by atoms with Crippen molar-refractivity contribution in [1.29, 1.82) is 5.39 Å². The van der Waals surface area contributed by atoms with Gasteiger partial charge in [-0.05, 0) is 34.7 Å². The Kier molecular flexibility index (Phi) is 5.85. The first-order valence-electron chi connectivity index (χ1n) is 4.04. The Labute approximate surface area is 110 Å². The average Bonchev–Trinajstić information content (AvgIpc) is 2.14. The van der Waals surface area contributed by atoms with Crippen LogP contribution in [0.3, 0.4) is 0 Å². The maximum Gasteiger partial charge on any atom is 0.673 e. The van der Waals surface area contributed by atoms with Crippen LogP contribution in [-0.2, 0) is 6.18 Å². The SMILES string of the molecule is F[B-](F)(F)F.N#[N+]c1cc(C(F)(F)F)ccc1I. The quantitative estimate of drug-likeness (QED) is 0.264. The zero-order chi connectivity index (χ0) is 14.6. The van der Waals surface area contributed by atoms with Gasteiger partial charge in [-0.2, -0.15) is 13.2 Å². The molecular formula is C7H3BF7IN2. The van der Waals surface area contributed by atoms with E-state index in [1.807, 2.05) is 0 Å². The fraction of sp³-hybridized carbons (Fsp3) is 0.143. The summed E-state index contributed by atoms with van der Waals surface area (Å²) in [7, 11) is -6.00. The molecule has 0 saturated heterocycles. The highest BCUT2D eigenvalue weighted by molar-refractivity contribution is 14.1. The van der Waals surface area contributed by atoms with E-state index >= 15 is 0 Å². The van der Waals surface area contributed by atoms with E-state index in [0.29, 0.717) is 3.57 Å². The topological polar surface area (TPSA) is 28.1 Å². The smallest absolute Gasteiger partial charge is 0.418 e. The fourth-order valence-corrected chi connectivity index (χ4v) is 1.21. The summed E-state index contributed by atoms with van der Waals surface area (Å²) in [5.74, 6) is 0. The van der Waals surface area contributed by atoms with E-state index in [4.69, 9.17) is 5.39 Å². The largest absolute Gasteiger partial charge is 0.673 e. The monoisotopic (exact) mass is 386 g/mol. The third kappa shape index (κ3) is 7.31. The van der Waals surface area contributed by atoms with Gasteiger partial charge in [0.05, 0.1) is 5.56 Å². The van der Waals surface area contributed by atoms with Gasteiger partial charge in [0.2, 0.25) is 5.39 Å². The standard InChI is InChI=1S/C7H3F3IN2.BF4/c8-7(9,10)4-1-2-5(11)6(3-4)13-12;2-1(3,4)5/h1-3H;/q+1;-1. The van der Waals surface area contributed by atoms with E-state index in [1.165, 1.54) is 6.07 Å². The Morgan fingerprint density at radius 2 is 1.56 bits per heavy atom. The Balaban J connectivity index is 0.000000494. The van der Waals surface area contributed by atoms with E-state index in [9.17, 15) is 30.4 Å². The molecule has 0 radical (unpaired) electrons. The van der Waals surface area contributed by atoms with Gasteiger partial charge < -0.3 is 17.3 Å². The Morgan fingerprint density at radius 1 is 1.11 bits per heavy atom. The highest BCUT2D eigenvalue weighted by atomic mass is 127. The van der Waals surface area contributed by atoms with Crippen molar-refractivity contribution in [2.24, 2.45) is 0 Å². The van der Waals surface area contributed by atoms with Crippen molar-refractivity contribution in [1.82, 2.24) is 0 Å². The van der Waals surface area contributed by atoms with Crippen LogP contribution in [-0.4, -0.2) is 7.25 Å². The molecule has 0 aliphatic carbocycles. The molecule has 1 rings (SSSR count). The molecule has 18 heavy (non-hydrogen) atoms. The van der Waals surface area contributed by atoms with E-state index in [-0.39, 0.29) is 5.69 Å². The van der Waals surface area contributed by atoms with Gasteiger partial charge in [-0.15, -0.1) is 0 Å². The second-order valence-electron chi connectivity index (χ2n) is 2.76. The van der Waals surface area contributed by atoms with Crippen LogP contribution in [0.5, 0.6) is 0 Å². The molecule has 0 bridgehead atoms. The van der Waals surface area contributed by atoms with Crippen molar-refractivity contribution < 1.29 is 30.4 Å². The molecule has 11 heteroatoms. The van der Waals surface area contributed by atoms with Gasteiger partial charge in [-0.3, -0.25) is 0 Å². The maximum absolute atomic E-state index is 12.1. The van der Waals surface area contributed by atoms with Crippen molar-refractivity contribution >= 4 is 35.5 Å². The predicted octanol–water partition coefficient (Wildman–Crippen LogP) is 5.09. The van der Waals surface area contributed by atoms with Gasteiger partial charge in [0.1, 0.15) is 3.57 Å². The van der Waals surface area contributed by atoms with Gasteiger partial charge in [0, 0.05) is 6.07 Å². The van der Waals surface area contributed by atoms with Crippen LogP contribution >= 0.6 is 22.6 Å². The minimum Gasteiger partial charge on any atom is -0.418 e. The van der Waals surface area contributed by atoms with Crippen LogP contribution in [0.2, 0.25) is 0 Å². The lowest BCUT2D eigenvalue weighted by molar-refractivity contribution is -0.137. The number of diazo groups is 1. The number of halogens is 8. The highest BCUT2D eigenvalue weighted by Gasteiger charge is 2.32. The van der Waals surface area contributed by atoms with Gasteiger partial charge >= 0.3 is 19.1 Å². The molecule has 0 amide bonds. The molecule has 100 valence electrons. The molecule has 0 spiro atoms. The summed E-state index contributed by atoms with van der Waals surface area (Å²) in [4.78, 5) is 2.74. The molecule has 2 nitrogen and oxygen atoms in total. The van der Waals surface area contributed by atoms with Crippen molar-refractivity contribution in [3.05, 3.63) is 32.3 Å². The molecule has 1 aromatic carbocycles. The summed E-state index contributed by atoms with van der Waals surface area (Å²) < 4.78 is 75.8. The number of hydrogen-bond acceptors (Lipinski definition) is 1. The van der Waals surface area contributed by atoms with E-state index in [1.54, 1.807) is 22.6 Å². The maximum atomic E-state index is 12.1. The van der Waals surface area contributed by atoms with E-state index < -0.39 is 19.0 Å². The van der Waals surface area contributed by atoms with Crippen molar-refractivity contribution in [3.8, 4) is 0 Å². The average molecular weight is 386 g/mol. The molecule has 0 aromatic heterocycles. The number of hydrogen-bond donors (Lipinski definition) is 0. The number of alkyl halides is 3. The zero-order valence-corrected chi connectivity index (χ0v) is 10.4. The first-order chi connectivity index (χ1) is 7.95. The second kappa shape index (κ2) is 6.21. The van der Waals surface area contributed by atoms with Crippen LogP contribution in [0, 0.1) is 8.96 Å². The minimum atomic E-state index is -6.00. The molecule has 0 N–H and O–H groups in total. The normalized spacial score (nSPS) is 11.3. The first kappa shape index (κ1) is 16.9. The Bertz CT molecular complexity index is 445. The summed E-state index contributed by atoms with van der Waals surface area (Å²) in [6, 6.07) is 2.98. The third-order valence-corrected chi connectivity index (χ3v) is 2.29. The molecular weight excluding hydrogens is 383 g/mol. The second-order valence-corrected chi connectivity index (χ2v) is 3.92. The van der Waals surface area contributed by atoms with Crippen LogP contribution < -0.4 is 0 Å². The van der Waals surface area contributed by atoms with Crippen molar-refractivity contribution in [2.75, 3.05) is 0 Å². The van der Waals surface area contributed by atoms with Crippen molar-refractivity contribution in [3.63, 3.8) is 0 Å². The number of nitrogens with zero attached hydrogens (tertiary/aromatic N) is 2. The minimum absolute atomic E-state index is 0.0737. The van der Waals surface area contributed by atoms with Crippen LogP contribution in [0.25, 0.3) is 4.98 Å². The molecule has 0 atom stereocenters. The number of benzene rings is 1. The van der Waals surface area contributed by atoms with Gasteiger partial charge in [0.25, 0.3) is 0 Å². The lowest BCUT2D eigenvalue weighted by Gasteiger charge is -2.03. The predicted molar refractivity (Wildman–Crippen MR) is 59.1 cm³/mol. The number of rotatable bonds is 0. The molecule has 0 unspecified atom stereocenters. The van der Waals surface area contributed by atoms with Crippen LogP contribution in [0.1, 0.15) is 5.56 Å². The van der Waals surface area contributed by atoms with Crippen LogP contribution in [0.15, 0.2) is 18.2 Å². The van der Waals surface area contributed by atoms with Crippen LogP contribution in [0.4, 0.5) is 36.1 Å². The van der Waals surface area contributed by atoms with E-state index in [0.717, 1.165) is 12.1 Å². The summed E-state index contributed by atoms with van der Waals surface area (Å²) in [6.45, 7) is 0. The van der Waals surface area contributed by atoms with Gasteiger partial charge in [-0.1, -0.05) is 0 Å². The lowest BCUT2D eigenvalue weighted by atomic mass is 10.2. The van der Waals surface area contributed by atoms with Gasteiger partial charge in [-0.25, -0.2) is 0 Å².